The number of ether oxygens (including phenoxy) is 1. The number of unbranched alkanes of at least 4 members (excludes halogenated alkanes) is 17. The van der Waals surface area contributed by atoms with Crippen molar-refractivity contribution < 1.29 is 4.74 Å². The Hall–Kier alpha value is 0.250. The summed E-state index contributed by atoms with van der Waals surface area (Å²) in [5, 5.41) is 0. The van der Waals surface area contributed by atoms with Gasteiger partial charge in [-0.1, -0.05) is 128 Å². The van der Waals surface area contributed by atoms with E-state index < -0.39 is 0 Å². The van der Waals surface area contributed by atoms with Crippen LogP contribution in [-0.4, -0.2) is 12.7 Å². The van der Waals surface area contributed by atoms with Crippen LogP contribution >= 0.6 is 11.6 Å². The smallest absolute Gasteiger partial charge is 0.120 e. The van der Waals surface area contributed by atoms with E-state index in [9.17, 15) is 0 Å². The summed E-state index contributed by atoms with van der Waals surface area (Å²) >= 11 is 5.46. The van der Waals surface area contributed by atoms with Gasteiger partial charge in [-0.25, -0.2) is 0 Å². The Morgan fingerprint density at radius 3 is 1.09 bits per heavy atom. The van der Waals surface area contributed by atoms with E-state index in [0.29, 0.717) is 6.07 Å². The number of hydrogen-bond acceptors (Lipinski definition) is 1. The van der Waals surface area contributed by atoms with Gasteiger partial charge in [0.05, 0.1) is 0 Å². The average Bonchev–Trinajstić information content (AvgIpc) is 2.57. The molecule has 0 aromatic heterocycles. The minimum absolute atomic E-state index is 0.346. The highest BCUT2D eigenvalue weighted by atomic mass is 35.5. The van der Waals surface area contributed by atoms with E-state index in [1.807, 2.05) is 0 Å². The van der Waals surface area contributed by atoms with Gasteiger partial charge in [0.15, 0.2) is 0 Å². The van der Waals surface area contributed by atoms with Crippen molar-refractivity contribution in [2.75, 3.05) is 12.7 Å². The SMILES string of the molecule is CCCCCCCCCCCCCCCCCCCCOCCl. The molecule has 0 spiro atoms. The van der Waals surface area contributed by atoms with Crippen LogP contribution in [0.2, 0.25) is 0 Å². The molecule has 0 unspecified atom stereocenters. The summed E-state index contributed by atoms with van der Waals surface area (Å²) < 4.78 is 5.13. The maximum atomic E-state index is 5.46. The van der Waals surface area contributed by atoms with Gasteiger partial charge >= 0.3 is 0 Å². The zero-order valence-electron chi connectivity index (χ0n) is 15.9. The molecule has 0 fully saturated rings. The molecule has 0 rings (SSSR count). The first-order valence-corrected chi connectivity index (χ1v) is 11.1. The summed E-state index contributed by atoms with van der Waals surface area (Å²) in [7, 11) is 0. The van der Waals surface area contributed by atoms with Gasteiger partial charge in [0.2, 0.25) is 0 Å². The number of rotatable bonds is 20. The number of hydrogen-bond donors (Lipinski definition) is 0. The van der Waals surface area contributed by atoms with E-state index in [4.69, 9.17) is 16.3 Å². The van der Waals surface area contributed by atoms with Crippen molar-refractivity contribution in [3.05, 3.63) is 0 Å². The van der Waals surface area contributed by atoms with Crippen LogP contribution in [0.4, 0.5) is 0 Å². The first-order valence-electron chi connectivity index (χ1n) is 10.6. The topological polar surface area (TPSA) is 9.23 Å². The summed E-state index contributed by atoms with van der Waals surface area (Å²) in [4.78, 5) is 0. The Bertz CT molecular complexity index is 176. The second kappa shape index (κ2) is 22.2. The molecule has 0 aliphatic carbocycles. The van der Waals surface area contributed by atoms with Gasteiger partial charge < -0.3 is 4.74 Å². The molecule has 0 saturated carbocycles. The Kier molecular flexibility index (Phi) is 22.5. The van der Waals surface area contributed by atoms with Crippen LogP contribution in [0.5, 0.6) is 0 Å². The fraction of sp³-hybridized carbons (Fsp3) is 1.00. The van der Waals surface area contributed by atoms with Crippen molar-refractivity contribution in [1.82, 2.24) is 0 Å². The monoisotopic (exact) mass is 346 g/mol. The Balaban J connectivity index is 2.92. The van der Waals surface area contributed by atoms with Crippen molar-refractivity contribution >= 4 is 11.6 Å². The third kappa shape index (κ3) is 22.2. The van der Waals surface area contributed by atoms with E-state index >= 15 is 0 Å². The zero-order chi connectivity index (χ0) is 16.8. The maximum absolute atomic E-state index is 5.46. The number of alkyl halides is 1. The lowest BCUT2D eigenvalue weighted by Gasteiger charge is -2.04. The van der Waals surface area contributed by atoms with Crippen LogP contribution in [0.25, 0.3) is 0 Å². The van der Waals surface area contributed by atoms with E-state index in [-0.39, 0.29) is 0 Å². The fourth-order valence-electron chi connectivity index (χ4n) is 3.16. The third-order valence-corrected chi connectivity index (χ3v) is 4.87. The Labute approximate surface area is 151 Å². The van der Waals surface area contributed by atoms with Crippen molar-refractivity contribution in [3.63, 3.8) is 0 Å². The normalized spacial score (nSPS) is 11.2. The molecule has 1 nitrogen and oxygen atoms in total. The molecule has 0 saturated heterocycles. The second-order valence-electron chi connectivity index (χ2n) is 7.03. The molecule has 2 heteroatoms. The van der Waals surface area contributed by atoms with Gasteiger partial charge in [0.1, 0.15) is 6.07 Å². The molecule has 0 aliphatic heterocycles. The Morgan fingerprint density at radius 2 is 0.783 bits per heavy atom. The maximum Gasteiger partial charge on any atom is 0.120 e. The molecule has 0 aromatic rings. The molecule has 0 N–H and O–H groups in total. The molecular formula is C21H43ClO. The second-order valence-corrected chi connectivity index (χ2v) is 7.25. The fourth-order valence-corrected chi connectivity index (χ4v) is 3.27. The Morgan fingerprint density at radius 1 is 0.478 bits per heavy atom. The van der Waals surface area contributed by atoms with Gasteiger partial charge in [-0.2, -0.15) is 0 Å². The van der Waals surface area contributed by atoms with Crippen LogP contribution in [0.3, 0.4) is 0 Å². The lowest BCUT2D eigenvalue weighted by molar-refractivity contribution is 0.173. The highest BCUT2D eigenvalue weighted by Gasteiger charge is 1.95. The molecule has 0 radical (unpaired) electrons. The summed E-state index contributed by atoms with van der Waals surface area (Å²) in [5.74, 6) is 0. The van der Waals surface area contributed by atoms with Crippen LogP contribution < -0.4 is 0 Å². The quantitative estimate of drug-likeness (QED) is 0.159. The van der Waals surface area contributed by atoms with Gasteiger partial charge in [-0.15, -0.1) is 0 Å². The van der Waals surface area contributed by atoms with Crippen molar-refractivity contribution in [3.8, 4) is 0 Å². The van der Waals surface area contributed by atoms with Crippen molar-refractivity contribution in [2.24, 2.45) is 0 Å². The molecule has 0 heterocycles. The van der Waals surface area contributed by atoms with E-state index in [1.165, 1.54) is 116 Å². The van der Waals surface area contributed by atoms with Gasteiger partial charge in [-0.3, -0.25) is 0 Å². The van der Waals surface area contributed by atoms with Crippen molar-refractivity contribution in [2.45, 2.75) is 122 Å². The molecule has 0 aromatic carbocycles. The predicted octanol–water partition coefficient (Wildman–Crippen LogP) is 8.24. The summed E-state index contributed by atoms with van der Waals surface area (Å²) in [6, 6.07) is 0.346. The minimum Gasteiger partial charge on any atom is -0.366 e. The molecule has 23 heavy (non-hydrogen) atoms. The first kappa shape index (κ1) is 23.2. The van der Waals surface area contributed by atoms with Gasteiger partial charge in [0, 0.05) is 6.61 Å². The van der Waals surface area contributed by atoms with E-state index in [1.54, 1.807) is 0 Å². The molecule has 0 atom stereocenters. The lowest BCUT2D eigenvalue weighted by Crippen LogP contribution is -1.91. The van der Waals surface area contributed by atoms with Crippen molar-refractivity contribution in [1.29, 1.82) is 0 Å². The zero-order valence-corrected chi connectivity index (χ0v) is 16.7. The first-order chi connectivity index (χ1) is 11.4. The van der Waals surface area contributed by atoms with Gasteiger partial charge in [-0.05, 0) is 6.42 Å². The highest BCUT2D eigenvalue weighted by Crippen LogP contribution is 2.14. The average molecular weight is 347 g/mol. The van der Waals surface area contributed by atoms with Gasteiger partial charge in [0.25, 0.3) is 0 Å². The molecule has 0 aliphatic rings. The summed E-state index contributed by atoms with van der Waals surface area (Å²) in [6.07, 6.45) is 25.5. The van der Waals surface area contributed by atoms with E-state index in [2.05, 4.69) is 6.92 Å². The molecule has 0 amide bonds. The lowest BCUT2D eigenvalue weighted by atomic mass is 10.0. The largest absolute Gasteiger partial charge is 0.366 e. The summed E-state index contributed by atoms with van der Waals surface area (Å²) in [5.41, 5.74) is 0. The molecule has 0 bridgehead atoms. The van der Waals surface area contributed by atoms with Crippen LogP contribution in [0.1, 0.15) is 122 Å². The highest BCUT2D eigenvalue weighted by molar-refractivity contribution is 6.17. The summed E-state index contributed by atoms with van der Waals surface area (Å²) in [6.45, 7) is 3.13. The third-order valence-electron chi connectivity index (χ3n) is 4.72. The molecule has 140 valence electrons. The van der Waals surface area contributed by atoms with Crippen LogP contribution in [0, 0.1) is 0 Å². The molecular weight excluding hydrogens is 304 g/mol. The standard InChI is InChI=1S/C21H43ClO/c1-2-3-4-5-6-7-8-9-10-11-12-13-14-15-16-17-18-19-20-23-21-22/h2-21H2,1H3. The van der Waals surface area contributed by atoms with Crippen LogP contribution in [-0.2, 0) is 4.74 Å². The van der Waals surface area contributed by atoms with Crippen LogP contribution in [0.15, 0.2) is 0 Å². The van der Waals surface area contributed by atoms with E-state index in [0.717, 1.165) is 6.61 Å². The minimum atomic E-state index is 0.346. The predicted molar refractivity (Wildman–Crippen MR) is 105 cm³/mol. The number of halogens is 1.